The Bertz CT molecular complexity index is 440. The molecule has 0 unspecified atom stereocenters. The Morgan fingerprint density at radius 2 is 1.95 bits per heavy atom. The summed E-state index contributed by atoms with van der Waals surface area (Å²) in [6.07, 6.45) is 2.78. The van der Waals surface area contributed by atoms with Crippen molar-refractivity contribution in [2.75, 3.05) is 19.7 Å². The monoisotopic (exact) mass is 276 g/mol. The maximum atomic E-state index is 12.1. The number of urea groups is 1. The van der Waals surface area contributed by atoms with Gasteiger partial charge in [-0.05, 0) is 36.3 Å². The van der Waals surface area contributed by atoms with Crippen LogP contribution in [0.1, 0.15) is 30.9 Å². The molecule has 0 bridgehead atoms. The molecule has 0 atom stereocenters. The van der Waals surface area contributed by atoms with Crippen molar-refractivity contribution >= 4 is 6.03 Å². The van der Waals surface area contributed by atoms with E-state index in [9.17, 15) is 4.79 Å². The van der Waals surface area contributed by atoms with Crippen LogP contribution in [0.3, 0.4) is 0 Å². The molecule has 2 rings (SSSR count). The molecule has 1 fully saturated rings. The Morgan fingerprint density at radius 1 is 1.30 bits per heavy atom. The normalized spacial score (nSPS) is 16.2. The number of benzene rings is 1. The summed E-state index contributed by atoms with van der Waals surface area (Å²) in [7, 11) is 0. The van der Waals surface area contributed by atoms with Gasteiger partial charge in [-0.25, -0.2) is 4.79 Å². The summed E-state index contributed by atoms with van der Waals surface area (Å²) in [5.74, 6) is 0.361. The van der Waals surface area contributed by atoms with Crippen molar-refractivity contribution in [2.45, 2.75) is 32.7 Å². The maximum Gasteiger partial charge on any atom is 0.317 e. The molecular weight excluding hydrogens is 252 g/mol. The van der Waals surface area contributed by atoms with Crippen molar-refractivity contribution < 1.29 is 9.90 Å². The first-order chi connectivity index (χ1) is 9.74. The number of aliphatic hydroxyl groups excluding tert-OH is 1. The number of nitrogens with one attached hydrogen (secondary N) is 1. The Labute approximate surface area is 120 Å². The van der Waals surface area contributed by atoms with Crippen LogP contribution in [0, 0.1) is 5.92 Å². The van der Waals surface area contributed by atoms with Gasteiger partial charge in [0.25, 0.3) is 0 Å². The van der Waals surface area contributed by atoms with Crippen molar-refractivity contribution in [3.8, 4) is 0 Å². The molecule has 20 heavy (non-hydrogen) atoms. The molecule has 2 N–H and O–H groups in total. The predicted molar refractivity (Wildman–Crippen MR) is 79.4 cm³/mol. The van der Waals surface area contributed by atoms with E-state index >= 15 is 0 Å². The number of likely N-dealkylation sites (tertiary alicyclic amines) is 1. The van der Waals surface area contributed by atoms with Crippen molar-refractivity contribution in [1.82, 2.24) is 10.2 Å². The Hall–Kier alpha value is -1.55. The van der Waals surface area contributed by atoms with E-state index in [0.717, 1.165) is 32.4 Å². The third kappa shape index (κ3) is 3.73. The van der Waals surface area contributed by atoms with Gasteiger partial charge in [0.2, 0.25) is 0 Å². The number of aryl methyl sites for hydroxylation is 1. The molecule has 4 nitrogen and oxygen atoms in total. The van der Waals surface area contributed by atoms with E-state index in [-0.39, 0.29) is 12.6 Å². The van der Waals surface area contributed by atoms with Crippen LogP contribution < -0.4 is 5.32 Å². The average molecular weight is 276 g/mol. The molecule has 2 amide bonds. The number of amides is 2. The summed E-state index contributed by atoms with van der Waals surface area (Å²) in [5.41, 5.74) is 2.47. The first kappa shape index (κ1) is 14.9. The second-order valence-electron chi connectivity index (χ2n) is 5.39. The standard InChI is InChI=1S/C16H24N2O2/c1-2-14-5-3-4-6-15(14)11-17-16(20)18-9-7-13(12-19)8-10-18/h3-6,13,19H,2,7-12H2,1H3,(H,17,20). The van der Waals surface area contributed by atoms with Gasteiger partial charge in [0.05, 0.1) is 0 Å². The van der Waals surface area contributed by atoms with E-state index in [1.54, 1.807) is 0 Å². The van der Waals surface area contributed by atoms with Crippen molar-refractivity contribution in [2.24, 2.45) is 5.92 Å². The van der Waals surface area contributed by atoms with Crippen LogP contribution in [0.4, 0.5) is 4.79 Å². The van der Waals surface area contributed by atoms with E-state index in [0.29, 0.717) is 12.5 Å². The molecule has 0 spiro atoms. The highest BCUT2D eigenvalue weighted by Gasteiger charge is 2.21. The molecule has 1 aliphatic rings. The summed E-state index contributed by atoms with van der Waals surface area (Å²) in [5, 5.41) is 12.1. The second-order valence-corrected chi connectivity index (χ2v) is 5.39. The molecular formula is C16H24N2O2. The first-order valence-electron chi connectivity index (χ1n) is 7.45. The Kier molecular flexibility index (Phi) is 5.41. The lowest BCUT2D eigenvalue weighted by Gasteiger charge is -2.31. The fraction of sp³-hybridized carbons (Fsp3) is 0.562. The Morgan fingerprint density at radius 3 is 2.55 bits per heavy atom. The van der Waals surface area contributed by atoms with Crippen LogP contribution in [0.25, 0.3) is 0 Å². The summed E-state index contributed by atoms with van der Waals surface area (Å²) in [6.45, 7) is 4.43. The van der Waals surface area contributed by atoms with Gasteiger partial charge in [-0.15, -0.1) is 0 Å². The van der Waals surface area contributed by atoms with Crippen LogP contribution in [-0.4, -0.2) is 35.7 Å². The number of hydrogen-bond donors (Lipinski definition) is 2. The zero-order chi connectivity index (χ0) is 14.4. The number of carbonyl (C=O) groups is 1. The van der Waals surface area contributed by atoms with Gasteiger partial charge in [-0.3, -0.25) is 0 Å². The minimum atomic E-state index is 0.00676. The van der Waals surface area contributed by atoms with E-state index in [4.69, 9.17) is 5.11 Å². The minimum Gasteiger partial charge on any atom is -0.396 e. The molecule has 1 heterocycles. The molecule has 0 saturated carbocycles. The lowest BCUT2D eigenvalue weighted by atomic mass is 9.98. The minimum absolute atomic E-state index is 0.00676. The molecule has 1 aromatic rings. The molecule has 0 aromatic heterocycles. The zero-order valence-electron chi connectivity index (χ0n) is 12.1. The topological polar surface area (TPSA) is 52.6 Å². The lowest BCUT2D eigenvalue weighted by molar-refractivity contribution is 0.137. The molecule has 4 heteroatoms. The van der Waals surface area contributed by atoms with E-state index < -0.39 is 0 Å². The van der Waals surface area contributed by atoms with Gasteiger partial charge in [0, 0.05) is 26.2 Å². The van der Waals surface area contributed by atoms with E-state index in [2.05, 4.69) is 24.4 Å². The zero-order valence-corrected chi connectivity index (χ0v) is 12.1. The summed E-state index contributed by atoms with van der Waals surface area (Å²) in [4.78, 5) is 14.0. The van der Waals surface area contributed by atoms with Crippen LogP contribution in [0.15, 0.2) is 24.3 Å². The van der Waals surface area contributed by atoms with Crippen molar-refractivity contribution in [3.63, 3.8) is 0 Å². The van der Waals surface area contributed by atoms with Gasteiger partial charge in [-0.2, -0.15) is 0 Å². The summed E-state index contributed by atoms with van der Waals surface area (Å²) < 4.78 is 0. The maximum absolute atomic E-state index is 12.1. The third-order valence-electron chi connectivity index (χ3n) is 4.09. The van der Waals surface area contributed by atoms with Crippen LogP contribution in [0.2, 0.25) is 0 Å². The highest BCUT2D eigenvalue weighted by molar-refractivity contribution is 5.74. The number of piperidine rings is 1. The highest BCUT2D eigenvalue weighted by atomic mass is 16.3. The number of rotatable bonds is 4. The van der Waals surface area contributed by atoms with Crippen LogP contribution in [-0.2, 0) is 13.0 Å². The molecule has 0 aliphatic carbocycles. The molecule has 110 valence electrons. The quantitative estimate of drug-likeness (QED) is 0.885. The largest absolute Gasteiger partial charge is 0.396 e. The predicted octanol–water partition coefficient (Wildman–Crippen LogP) is 2.16. The number of aliphatic hydroxyl groups is 1. The number of carbonyl (C=O) groups excluding carboxylic acids is 1. The SMILES string of the molecule is CCc1ccccc1CNC(=O)N1CCC(CO)CC1. The fourth-order valence-corrected chi connectivity index (χ4v) is 2.68. The second kappa shape index (κ2) is 7.29. The Balaban J connectivity index is 1.83. The van der Waals surface area contributed by atoms with Gasteiger partial charge in [-0.1, -0.05) is 31.2 Å². The van der Waals surface area contributed by atoms with Gasteiger partial charge in [0.15, 0.2) is 0 Å². The summed E-state index contributed by atoms with van der Waals surface area (Å²) in [6, 6.07) is 8.22. The van der Waals surface area contributed by atoms with Gasteiger partial charge < -0.3 is 15.3 Å². The number of nitrogens with zero attached hydrogens (tertiary/aromatic N) is 1. The number of hydrogen-bond acceptors (Lipinski definition) is 2. The molecule has 1 aromatic carbocycles. The first-order valence-corrected chi connectivity index (χ1v) is 7.45. The van der Waals surface area contributed by atoms with Gasteiger partial charge in [0.1, 0.15) is 0 Å². The van der Waals surface area contributed by atoms with E-state index in [1.807, 2.05) is 17.0 Å². The fourth-order valence-electron chi connectivity index (χ4n) is 2.68. The highest BCUT2D eigenvalue weighted by Crippen LogP contribution is 2.16. The van der Waals surface area contributed by atoms with Crippen molar-refractivity contribution in [3.05, 3.63) is 35.4 Å². The van der Waals surface area contributed by atoms with E-state index in [1.165, 1.54) is 11.1 Å². The molecule has 1 aliphatic heterocycles. The smallest absolute Gasteiger partial charge is 0.317 e. The third-order valence-corrected chi connectivity index (χ3v) is 4.09. The van der Waals surface area contributed by atoms with Crippen LogP contribution >= 0.6 is 0 Å². The van der Waals surface area contributed by atoms with Gasteiger partial charge >= 0.3 is 6.03 Å². The van der Waals surface area contributed by atoms with Crippen molar-refractivity contribution in [1.29, 1.82) is 0 Å². The van der Waals surface area contributed by atoms with Crippen LogP contribution in [0.5, 0.6) is 0 Å². The average Bonchev–Trinajstić information content (AvgIpc) is 2.53. The summed E-state index contributed by atoms with van der Waals surface area (Å²) >= 11 is 0. The molecule has 0 radical (unpaired) electrons. The lowest BCUT2D eigenvalue weighted by Crippen LogP contribution is -2.44. The molecule has 1 saturated heterocycles.